The number of nitrogens with one attached hydrogen (secondary N) is 1. The lowest BCUT2D eigenvalue weighted by atomic mass is 9.95. The van der Waals surface area contributed by atoms with Gasteiger partial charge in [0, 0.05) is 21.7 Å². The first-order valence-electron chi connectivity index (χ1n) is 10.0. The number of nitrogens with zero attached hydrogens (tertiary/aromatic N) is 1. The summed E-state index contributed by atoms with van der Waals surface area (Å²) >= 11 is 20.0. The lowest BCUT2D eigenvalue weighted by Gasteiger charge is -2.22. The van der Waals surface area contributed by atoms with Gasteiger partial charge >= 0.3 is 0 Å². The number of fused-ring (bicyclic) bond motifs is 2. The molecule has 0 saturated heterocycles. The molecular formula is C23H19Cl3N2OS. The number of thiazole rings is 1. The van der Waals surface area contributed by atoms with Crippen molar-refractivity contribution in [1.29, 1.82) is 0 Å². The zero-order valence-corrected chi connectivity index (χ0v) is 19.1. The number of rotatable bonds is 4. The summed E-state index contributed by atoms with van der Waals surface area (Å²) in [5.41, 5.74) is 2.38. The summed E-state index contributed by atoms with van der Waals surface area (Å²) in [4.78, 5) is 18.7. The lowest BCUT2D eigenvalue weighted by molar-refractivity contribution is 0.0922. The minimum atomic E-state index is -0.107. The van der Waals surface area contributed by atoms with E-state index in [9.17, 15) is 4.79 Å². The van der Waals surface area contributed by atoms with E-state index >= 15 is 0 Å². The van der Waals surface area contributed by atoms with E-state index in [4.69, 9.17) is 39.8 Å². The Hall–Kier alpha value is -1.59. The fraction of sp³-hybridized carbons (Fsp3) is 0.304. The van der Waals surface area contributed by atoms with E-state index in [1.165, 1.54) is 30.6 Å². The summed E-state index contributed by atoms with van der Waals surface area (Å²) in [5, 5.41) is 5.40. The van der Waals surface area contributed by atoms with E-state index in [2.05, 4.69) is 5.32 Å². The van der Waals surface area contributed by atoms with Crippen LogP contribution in [0.1, 0.15) is 35.5 Å². The Labute approximate surface area is 194 Å². The van der Waals surface area contributed by atoms with Gasteiger partial charge in [-0.2, -0.15) is 0 Å². The molecule has 30 heavy (non-hydrogen) atoms. The van der Waals surface area contributed by atoms with Crippen LogP contribution in [0, 0.1) is 11.8 Å². The van der Waals surface area contributed by atoms with Crippen LogP contribution in [0.4, 0.5) is 0 Å². The maximum atomic E-state index is 13.1. The predicted molar refractivity (Wildman–Crippen MR) is 125 cm³/mol. The summed E-state index contributed by atoms with van der Waals surface area (Å²) in [6.45, 7) is 0. The quantitative estimate of drug-likeness (QED) is 0.426. The summed E-state index contributed by atoms with van der Waals surface area (Å²) in [6.07, 6.45) is 4.84. The summed E-state index contributed by atoms with van der Waals surface area (Å²) in [7, 11) is 0. The molecule has 2 saturated carbocycles. The van der Waals surface area contributed by atoms with Gasteiger partial charge in [-0.3, -0.25) is 4.79 Å². The van der Waals surface area contributed by atoms with Crippen molar-refractivity contribution < 1.29 is 4.79 Å². The van der Waals surface area contributed by atoms with Crippen LogP contribution in [0.25, 0.3) is 21.7 Å². The Morgan fingerprint density at radius 2 is 1.77 bits per heavy atom. The Kier molecular flexibility index (Phi) is 5.53. The van der Waals surface area contributed by atoms with Crippen LogP contribution in [-0.4, -0.2) is 16.9 Å². The van der Waals surface area contributed by atoms with Crippen LogP contribution in [0.15, 0.2) is 42.5 Å². The molecule has 154 valence electrons. The van der Waals surface area contributed by atoms with E-state index in [1.807, 2.05) is 30.3 Å². The van der Waals surface area contributed by atoms with Crippen LogP contribution in [0.5, 0.6) is 0 Å². The fourth-order valence-corrected chi connectivity index (χ4v) is 6.34. The number of aromatic nitrogens is 1. The molecule has 3 aromatic rings. The molecule has 2 fully saturated rings. The van der Waals surface area contributed by atoms with Gasteiger partial charge < -0.3 is 5.32 Å². The van der Waals surface area contributed by atoms with Crippen molar-refractivity contribution in [3.63, 3.8) is 0 Å². The molecule has 0 aliphatic heterocycles. The molecule has 0 radical (unpaired) electrons. The van der Waals surface area contributed by atoms with E-state index in [0.29, 0.717) is 31.7 Å². The van der Waals surface area contributed by atoms with Gasteiger partial charge in [-0.15, -0.1) is 11.3 Å². The summed E-state index contributed by atoms with van der Waals surface area (Å²) < 4.78 is 0. The smallest absolute Gasteiger partial charge is 0.280 e. The number of carbonyl (C=O) groups is 1. The predicted octanol–water partition coefficient (Wildman–Crippen LogP) is 7.36. The van der Waals surface area contributed by atoms with Gasteiger partial charge in [-0.1, -0.05) is 53.4 Å². The zero-order chi connectivity index (χ0) is 20.8. The molecular weight excluding hydrogens is 459 g/mol. The van der Waals surface area contributed by atoms with Gasteiger partial charge in [-0.05, 0) is 67.0 Å². The molecule has 5 rings (SSSR count). The third kappa shape index (κ3) is 3.87. The second kappa shape index (κ2) is 8.16. The highest BCUT2D eigenvalue weighted by Gasteiger charge is 2.40. The fourth-order valence-electron chi connectivity index (χ4n) is 4.73. The molecule has 2 bridgehead atoms. The average molecular weight is 478 g/mol. The third-order valence-corrected chi connectivity index (χ3v) is 8.07. The normalized spacial score (nSPS) is 22.4. The van der Waals surface area contributed by atoms with Gasteiger partial charge in [-0.25, -0.2) is 4.98 Å². The summed E-state index contributed by atoms with van der Waals surface area (Å²) in [6, 6.07) is 13.1. The van der Waals surface area contributed by atoms with E-state index in [0.717, 1.165) is 28.3 Å². The Bertz CT molecular complexity index is 1110. The minimum absolute atomic E-state index is 0.107. The molecule has 0 spiro atoms. The number of carbonyl (C=O) groups excluding carboxylic acids is 1. The van der Waals surface area contributed by atoms with Crippen molar-refractivity contribution in [1.82, 2.24) is 10.3 Å². The molecule has 1 heterocycles. The molecule has 2 aromatic carbocycles. The maximum Gasteiger partial charge on any atom is 0.280 e. The largest absolute Gasteiger partial charge is 0.347 e. The molecule has 2 aliphatic rings. The standard InChI is InChI=1S/C23H19Cl3N2OS/c24-15-5-3-13(4-6-15)21-20(17-8-7-16(25)11-18(17)26)28-23(30-21)22(29)27-19-10-12-1-2-14(19)9-12/h3-8,11-12,14,19H,1-2,9-10H2,(H,27,29). The van der Waals surface area contributed by atoms with Gasteiger partial charge in [0.15, 0.2) is 5.01 Å². The molecule has 2 aliphatic carbocycles. The second-order valence-electron chi connectivity index (χ2n) is 8.08. The van der Waals surface area contributed by atoms with Crippen molar-refractivity contribution in [2.24, 2.45) is 11.8 Å². The number of halogens is 3. The monoisotopic (exact) mass is 476 g/mol. The summed E-state index contributed by atoms with van der Waals surface area (Å²) in [5.74, 6) is 1.27. The highest BCUT2D eigenvalue weighted by Crippen LogP contribution is 2.45. The molecule has 3 unspecified atom stereocenters. The van der Waals surface area contributed by atoms with Gasteiger partial charge in [0.25, 0.3) is 5.91 Å². The van der Waals surface area contributed by atoms with Crippen molar-refractivity contribution >= 4 is 52.0 Å². The van der Waals surface area contributed by atoms with Gasteiger partial charge in [0.2, 0.25) is 0 Å². The van der Waals surface area contributed by atoms with Gasteiger partial charge in [0.1, 0.15) is 0 Å². The molecule has 1 amide bonds. The van der Waals surface area contributed by atoms with Crippen LogP contribution in [0.2, 0.25) is 15.1 Å². The van der Waals surface area contributed by atoms with Crippen LogP contribution >= 0.6 is 46.1 Å². The van der Waals surface area contributed by atoms with Crippen molar-refractivity contribution in [2.45, 2.75) is 31.7 Å². The maximum absolute atomic E-state index is 13.1. The lowest BCUT2D eigenvalue weighted by Crippen LogP contribution is -2.38. The molecule has 3 atom stereocenters. The van der Waals surface area contributed by atoms with E-state index in [-0.39, 0.29) is 11.9 Å². The number of amides is 1. The van der Waals surface area contributed by atoms with Gasteiger partial charge in [0.05, 0.1) is 15.6 Å². The first-order chi connectivity index (χ1) is 14.5. The van der Waals surface area contributed by atoms with Crippen LogP contribution in [-0.2, 0) is 0 Å². The highest BCUT2D eigenvalue weighted by atomic mass is 35.5. The third-order valence-electron chi connectivity index (χ3n) is 6.17. The molecule has 1 aromatic heterocycles. The molecule has 1 N–H and O–H groups in total. The van der Waals surface area contributed by atoms with Crippen molar-refractivity contribution in [2.75, 3.05) is 0 Å². The van der Waals surface area contributed by atoms with Crippen molar-refractivity contribution in [3.8, 4) is 21.7 Å². The Morgan fingerprint density at radius 3 is 2.43 bits per heavy atom. The number of hydrogen-bond acceptors (Lipinski definition) is 3. The SMILES string of the molecule is O=C(NC1CC2CCC1C2)c1nc(-c2ccc(Cl)cc2Cl)c(-c2ccc(Cl)cc2)s1. The minimum Gasteiger partial charge on any atom is -0.347 e. The van der Waals surface area contributed by atoms with Crippen LogP contribution in [0.3, 0.4) is 0 Å². The molecule has 3 nitrogen and oxygen atoms in total. The Morgan fingerprint density at radius 1 is 1.00 bits per heavy atom. The Balaban J connectivity index is 1.52. The first-order valence-corrected chi connectivity index (χ1v) is 12.0. The zero-order valence-electron chi connectivity index (χ0n) is 16.0. The highest BCUT2D eigenvalue weighted by molar-refractivity contribution is 7.17. The van der Waals surface area contributed by atoms with Crippen molar-refractivity contribution in [3.05, 3.63) is 62.5 Å². The number of benzene rings is 2. The van der Waals surface area contributed by atoms with E-state index < -0.39 is 0 Å². The van der Waals surface area contributed by atoms with Crippen LogP contribution < -0.4 is 5.32 Å². The van der Waals surface area contributed by atoms with E-state index in [1.54, 1.807) is 12.1 Å². The second-order valence-corrected chi connectivity index (χ2v) is 10.4. The average Bonchev–Trinajstić information content (AvgIpc) is 3.44. The topological polar surface area (TPSA) is 42.0 Å². The first kappa shape index (κ1) is 20.3. The number of hydrogen-bond donors (Lipinski definition) is 1. The molecule has 7 heteroatoms.